The second-order valence-electron chi connectivity index (χ2n) is 5.41. The van der Waals surface area contributed by atoms with E-state index in [2.05, 4.69) is 15.0 Å². The third-order valence-corrected chi connectivity index (χ3v) is 3.81. The van der Waals surface area contributed by atoms with Crippen molar-refractivity contribution in [2.75, 3.05) is 13.1 Å². The minimum absolute atomic E-state index is 0.0900. The molecule has 2 aromatic rings. The number of carbonyl (C=O) groups is 1. The molecule has 1 atom stereocenters. The highest BCUT2D eigenvalue weighted by molar-refractivity contribution is 5.92. The number of amides is 1. The van der Waals surface area contributed by atoms with Gasteiger partial charge in [0.05, 0.1) is 11.8 Å². The Morgan fingerprint density at radius 1 is 1.18 bits per heavy atom. The first-order chi connectivity index (χ1) is 10.7. The summed E-state index contributed by atoms with van der Waals surface area (Å²) in [4.78, 5) is 26.7. The van der Waals surface area contributed by atoms with Gasteiger partial charge in [-0.15, -0.1) is 0 Å². The van der Waals surface area contributed by atoms with Crippen LogP contribution < -0.4 is 0 Å². The van der Waals surface area contributed by atoms with Crippen LogP contribution in [0, 0.1) is 0 Å². The highest BCUT2D eigenvalue weighted by atomic mass is 16.3. The van der Waals surface area contributed by atoms with Gasteiger partial charge in [0.1, 0.15) is 12.0 Å². The van der Waals surface area contributed by atoms with Crippen LogP contribution in [0.15, 0.2) is 36.9 Å². The van der Waals surface area contributed by atoms with E-state index in [4.69, 9.17) is 0 Å². The Hall–Kier alpha value is -2.34. The summed E-state index contributed by atoms with van der Waals surface area (Å²) < 4.78 is 0. The maximum Gasteiger partial charge on any atom is 0.272 e. The first-order valence-electron chi connectivity index (χ1n) is 7.44. The van der Waals surface area contributed by atoms with Gasteiger partial charge in [-0.3, -0.25) is 4.79 Å². The lowest BCUT2D eigenvalue weighted by atomic mass is 10.2. The number of aliphatic hydroxyl groups is 1. The van der Waals surface area contributed by atoms with Crippen molar-refractivity contribution in [1.29, 1.82) is 0 Å². The fraction of sp³-hybridized carbons (Fsp3) is 0.375. The number of rotatable bonds is 2. The van der Waals surface area contributed by atoms with E-state index in [1.165, 1.54) is 6.33 Å². The highest BCUT2D eigenvalue weighted by Crippen LogP contribution is 2.17. The summed E-state index contributed by atoms with van der Waals surface area (Å²) in [6.45, 7) is 1.23. The van der Waals surface area contributed by atoms with Crippen LogP contribution in [0.4, 0.5) is 0 Å². The number of aromatic nitrogens is 3. The van der Waals surface area contributed by atoms with E-state index < -0.39 is 0 Å². The summed E-state index contributed by atoms with van der Waals surface area (Å²) in [5, 5.41) is 9.68. The van der Waals surface area contributed by atoms with Gasteiger partial charge in [-0.1, -0.05) is 6.07 Å². The van der Waals surface area contributed by atoms with Gasteiger partial charge in [-0.05, 0) is 31.4 Å². The summed E-state index contributed by atoms with van der Waals surface area (Å²) in [7, 11) is 0. The highest BCUT2D eigenvalue weighted by Gasteiger charge is 2.21. The fourth-order valence-corrected chi connectivity index (χ4v) is 2.59. The van der Waals surface area contributed by atoms with E-state index in [1.54, 1.807) is 23.4 Å². The average molecular weight is 298 g/mol. The standard InChI is InChI=1S/C16H18N4O2/c21-13-3-2-7-20(8-6-13)16(22)15-5-1-4-14(19-15)12-9-17-11-18-10-12/h1,4-5,9-11,13,21H,2-3,6-8H2. The molecule has 1 saturated heterocycles. The lowest BCUT2D eigenvalue weighted by molar-refractivity contribution is 0.0747. The Balaban J connectivity index is 1.81. The summed E-state index contributed by atoms with van der Waals surface area (Å²) in [5.41, 5.74) is 1.88. The maximum atomic E-state index is 12.6. The Kier molecular flexibility index (Phi) is 4.39. The zero-order chi connectivity index (χ0) is 15.4. The van der Waals surface area contributed by atoms with Crippen molar-refractivity contribution in [1.82, 2.24) is 19.9 Å². The first kappa shape index (κ1) is 14.6. The van der Waals surface area contributed by atoms with Gasteiger partial charge >= 0.3 is 0 Å². The molecule has 6 heteroatoms. The minimum Gasteiger partial charge on any atom is -0.393 e. The van der Waals surface area contributed by atoms with Gasteiger partial charge in [-0.2, -0.15) is 0 Å². The van der Waals surface area contributed by atoms with Crippen LogP contribution in [0.5, 0.6) is 0 Å². The van der Waals surface area contributed by atoms with E-state index in [0.717, 1.165) is 18.4 Å². The molecule has 0 saturated carbocycles. The number of carbonyl (C=O) groups excluding carboxylic acids is 1. The number of nitrogens with zero attached hydrogens (tertiary/aromatic N) is 4. The number of hydrogen-bond donors (Lipinski definition) is 1. The third-order valence-electron chi connectivity index (χ3n) is 3.81. The van der Waals surface area contributed by atoms with E-state index in [1.807, 2.05) is 12.1 Å². The molecule has 3 rings (SSSR count). The Labute approximate surface area is 128 Å². The van der Waals surface area contributed by atoms with Crippen LogP contribution in [0.25, 0.3) is 11.3 Å². The molecule has 1 amide bonds. The molecule has 1 fully saturated rings. The molecular formula is C16H18N4O2. The molecule has 1 aliphatic heterocycles. The predicted octanol–water partition coefficient (Wildman–Crippen LogP) is 1.53. The summed E-state index contributed by atoms with van der Waals surface area (Å²) >= 11 is 0. The molecule has 0 radical (unpaired) electrons. The normalized spacial score (nSPS) is 18.8. The number of pyridine rings is 1. The fourth-order valence-electron chi connectivity index (χ4n) is 2.59. The molecule has 1 aliphatic rings. The number of hydrogen-bond acceptors (Lipinski definition) is 5. The molecule has 0 aromatic carbocycles. The summed E-state index contributed by atoms with van der Waals surface area (Å²) in [6.07, 6.45) is 6.69. The first-order valence-corrected chi connectivity index (χ1v) is 7.44. The van der Waals surface area contributed by atoms with Gasteiger partial charge in [0.15, 0.2) is 0 Å². The van der Waals surface area contributed by atoms with E-state index in [9.17, 15) is 9.90 Å². The molecule has 114 valence electrons. The van der Waals surface area contributed by atoms with Crippen LogP contribution in [0.2, 0.25) is 0 Å². The zero-order valence-electron chi connectivity index (χ0n) is 12.2. The maximum absolute atomic E-state index is 12.6. The second kappa shape index (κ2) is 6.62. The van der Waals surface area contributed by atoms with Gasteiger partial charge in [-0.25, -0.2) is 15.0 Å². The quantitative estimate of drug-likeness (QED) is 0.909. The monoisotopic (exact) mass is 298 g/mol. The van der Waals surface area contributed by atoms with Gasteiger partial charge < -0.3 is 10.0 Å². The molecule has 2 aromatic heterocycles. The van der Waals surface area contributed by atoms with E-state index >= 15 is 0 Å². The van der Waals surface area contributed by atoms with E-state index in [-0.39, 0.29) is 12.0 Å². The molecule has 0 bridgehead atoms. The molecule has 22 heavy (non-hydrogen) atoms. The van der Waals surface area contributed by atoms with Gasteiger partial charge in [0.25, 0.3) is 5.91 Å². The summed E-state index contributed by atoms with van der Waals surface area (Å²) in [5.74, 6) is -0.0900. The predicted molar refractivity (Wildman–Crippen MR) is 81.0 cm³/mol. The molecule has 1 unspecified atom stereocenters. The second-order valence-corrected chi connectivity index (χ2v) is 5.41. The Morgan fingerprint density at radius 3 is 2.82 bits per heavy atom. The van der Waals surface area contributed by atoms with Crippen molar-refractivity contribution in [2.45, 2.75) is 25.4 Å². The van der Waals surface area contributed by atoms with Crippen LogP contribution >= 0.6 is 0 Å². The minimum atomic E-state index is -0.307. The van der Waals surface area contributed by atoms with Crippen molar-refractivity contribution < 1.29 is 9.90 Å². The molecule has 0 spiro atoms. The van der Waals surface area contributed by atoms with Crippen LogP contribution in [-0.2, 0) is 0 Å². The van der Waals surface area contributed by atoms with Crippen LogP contribution in [0.3, 0.4) is 0 Å². The molecule has 0 aliphatic carbocycles. The topological polar surface area (TPSA) is 79.2 Å². The number of likely N-dealkylation sites (tertiary alicyclic amines) is 1. The Morgan fingerprint density at radius 2 is 2.00 bits per heavy atom. The molecular weight excluding hydrogens is 280 g/mol. The molecule has 6 nitrogen and oxygen atoms in total. The average Bonchev–Trinajstić information content (AvgIpc) is 2.80. The number of aliphatic hydroxyl groups excluding tert-OH is 1. The van der Waals surface area contributed by atoms with Crippen molar-refractivity contribution in [3.8, 4) is 11.3 Å². The molecule has 3 heterocycles. The third kappa shape index (κ3) is 3.28. The van der Waals surface area contributed by atoms with Crippen molar-refractivity contribution in [2.24, 2.45) is 0 Å². The Bertz CT molecular complexity index is 648. The van der Waals surface area contributed by atoms with Gasteiger partial charge in [0, 0.05) is 31.0 Å². The summed E-state index contributed by atoms with van der Waals surface area (Å²) in [6, 6.07) is 5.37. The van der Waals surface area contributed by atoms with Crippen LogP contribution in [0.1, 0.15) is 29.8 Å². The van der Waals surface area contributed by atoms with Gasteiger partial charge in [0.2, 0.25) is 0 Å². The smallest absolute Gasteiger partial charge is 0.272 e. The van der Waals surface area contributed by atoms with Crippen molar-refractivity contribution in [3.63, 3.8) is 0 Å². The molecule has 1 N–H and O–H groups in total. The SMILES string of the molecule is O=C(c1cccc(-c2cncnc2)n1)N1CCCC(O)CC1. The van der Waals surface area contributed by atoms with Crippen molar-refractivity contribution in [3.05, 3.63) is 42.6 Å². The van der Waals surface area contributed by atoms with E-state index in [0.29, 0.717) is 30.9 Å². The zero-order valence-corrected chi connectivity index (χ0v) is 12.2. The lowest BCUT2D eigenvalue weighted by Gasteiger charge is -2.20. The lowest BCUT2D eigenvalue weighted by Crippen LogP contribution is -2.32. The largest absolute Gasteiger partial charge is 0.393 e. The van der Waals surface area contributed by atoms with Crippen LogP contribution in [-0.4, -0.2) is 50.1 Å². The van der Waals surface area contributed by atoms with Crippen molar-refractivity contribution >= 4 is 5.91 Å².